The molecule has 0 bridgehead atoms. The molecule has 8 heteroatoms. The molecule has 0 aromatic heterocycles. The Balaban J connectivity index is 2.07. The molecule has 0 spiro atoms. The van der Waals surface area contributed by atoms with Gasteiger partial charge >= 0.3 is 6.03 Å². The van der Waals surface area contributed by atoms with E-state index in [1.807, 2.05) is 12.3 Å². The number of primary amides is 1. The molecule has 1 fully saturated rings. The van der Waals surface area contributed by atoms with Gasteiger partial charge in [-0.05, 0) is 24.5 Å². The maximum absolute atomic E-state index is 12.3. The fourth-order valence-corrected chi connectivity index (χ4v) is 2.68. The molecule has 1 aromatic carbocycles. The van der Waals surface area contributed by atoms with Crippen molar-refractivity contribution in [3.05, 3.63) is 23.2 Å². The molecule has 0 saturated carbocycles. The second-order valence-corrected chi connectivity index (χ2v) is 5.77. The molecule has 1 heterocycles. The summed E-state index contributed by atoms with van der Waals surface area (Å²) in [5, 5.41) is 3.35. The number of benzene rings is 1. The first-order chi connectivity index (χ1) is 10.0. The molecular formula is C13H16ClN3O3S. The number of ether oxygens (including phenoxy) is 1. The third-order valence-electron chi connectivity index (χ3n) is 3.07. The topological polar surface area (TPSA) is 84.7 Å². The first-order valence-electron chi connectivity index (χ1n) is 6.31. The van der Waals surface area contributed by atoms with Crippen LogP contribution >= 0.6 is 23.4 Å². The lowest BCUT2D eigenvalue weighted by molar-refractivity contribution is -0.133. The van der Waals surface area contributed by atoms with E-state index in [1.165, 1.54) is 16.7 Å². The van der Waals surface area contributed by atoms with E-state index in [1.54, 1.807) is 12.1 Å². The second kappa shape index (κ2) is 7.02. The molecule has 3 N–H and O–H groups in total. The molecule has 1 aromatic rings. The third kappa shape index (κ3) is 4.03. The average Bonchev–Trinajstić information content (AvgIpc) is 2.47. The van der Waals surface area contributed by atoms with Gasteiger partial charge in [0, 0.05) is 16.5 Å². The van der Waals surface area contributed by atoms with Crippen molar-refractivity contribution in [1.29, 1.82) is 0 Å². The summed E-state index contributed by atoms with van der Waals surface area (Å²) >= 11 is 7.46. The van der Waals surface area contributed by atoms with Crippen LogP contribution in [0.15, 0.2) is 23.1 Å². The molecule has 0 aliphatic carbocycles. The van der Waals surface area contributed by atoms with Crippen LogP contribution in [-0.2, 0) is 9.53 Å². The van der Waals surface area contributed by atoms with E-state index in [0.717, 1.165) is 4.90 Å². The first-order valence-corrected chi connectivity index (χ1v) is 7.92. The van der Waals surface area contributed by atoms with E-state index in [0.29, 0.717) is 17.3 Å². The number of morpholine rings is 1. The summed E-state index contributed by atoms with van der Waals surface area (Å²) in [6.07, 6.45) is 1.15. The smallest absolute Gasteiger partial charge is 0.322 e. The van der Waals surface area contributed by atoms with Gasteiger partial charge in [0.15, 0.2) is 6.10 Å². The SMILES string of the molecule is CSc1ccc(Cl)cc1NC(=O)N1CCO[C@H](C(N)=O)C1. The van der Waals surface area contributed by atoms with E-state index >= 15 is 0 Å². The highest BCUT2D eigenvalue weighted by atomic mass is 35.5. The van der Waals surface area contributed by atoms with Crippen LogP contribution < -0.4 is 11.1 Å². The van der Waals surface area contributed by atoms with Crippen LogP contribution in [0.3, 0.4) is 0 Å². The highest BCUT2D eigenvalue weighted by Gasteiger charge is 2.28. The molecule has 1 aliphatic rings. The quantitative estimate of drug-likeness (QED) is 0.828. The summed E-state index contributed by atoms with van der Waals surface area (Å²) in [6, 6.07) is 4.99. The molecule has 2 rings (SSSR count). The van der Waals surface area contributed by atoms with Crippen LogP contribution in [0.5, 0.6) is 0 Å². The number of hydrogen-bond donors (Lipinski definition) is 2. The predicted octanol–water partition coefficient (Wildman–Crippen LogP) is 1.78. The van der Waals surface area contributed by atoms with E-state index in [-0.39, 0.29) is 19.2 Å². The summed E-state index contributed by atoms with van der Waals surface area (Å²) < 4.78 is 5.21. The number of anilines is 1. The maximum atomic E-state index is 12.3. The number of carbonyl (C=O) groups is 2. The highest BCUT2D eigenvalue weighted by Crippen LogP contribution is 2.28. The molecule has 0 unspecified atom stereocenters. The number of amides is 3. The Morgan fingerprint density at radius 2 is 2.29 bits per heavy atom. The summed E-state index contributed by atoms with van der Waals surface area (Å²) in [6.45, 7) is 0.840. The molecule has 3 amide bonds. The zero-order valence-corrected chi connectivity index (χ0v) is 13.0. The van der Waals surface area contributed by atoms with Gasteiger partial charge in [-0.25, -0.2) is 4.79 Å². The van der Waals surface area contributed by atoms with Crippen molar-refractivity contribution in [2.24, 2.45) is 5.73 Å². The van der Waals surface area contributed by atoms with Gasteiger partial charge in [-0.15, -0.1) is 11.8 Å². The number of carbonyl (C=O) groups excluding carboxylic acids is 2. The van der Waals surface area contributed by atoms with Gasteiger partial charge < -0.3 is 20.7 Å². The number of halogens is 1. The van der Waals surface area contributed by atoms with Crippen molar-refractivity contribution in [2.75, 3.05) is 31.3 Å². The van der Waals surface area contributed by atoms with Crippen LogP contribution in [0.25, 0.3) is 0 Å². The zero-order valence-electron chi connectivity index (χ0n) is 11.5. The van der Waals surface area contributed by atoms with Crippen LogP contribution in [0.2, 0.25) is 5.02 Å². The number of nitrogens with two attached hydrogens (primary N) is 1. The monoisotopic (exact) mass is 329 g/mol. The van der Waals surface area contributed by atoms with E-state index in [9.17, 15) is 9.59 Å². The van der Waals surface area contributed by atoms with Crippen LogP contribution in [0, 0.1) is 0 Å². The van der Waals surface area contributed by atoms with Crippen molar-refractivity contribution in [3.8, 4) is 0 Å². The van der Waals surface area contributed by atoms with Gasteiger partial charge in [-0.2, -0.15) is 0 Å². The average molecular weight is 330 g/mol. The lowest BCUT2D eigenvalue weighted by Crippen LogP contribution is -2.51. The van der Waals surface area contributed by atoms with Gasteiger partial charge in [-0.1, -0.05) is 11.6 Å². The lowest BCUT2D eigenvalue weighted by atomic mass is 10.2. The van der Waals surface area contributed by atoms with E-state index in [4.69, 9.17) is 22.1 Å². The van der Waals surface area contributed by atoms with Crippen molar-refractivity contribution in [3.63, 3.8) is 0 Å². The van der Waals surface area contributed by atoms with Crippen molar-refractivity contribution in [2.45, 2.75) is 11.0 Å². The van der Waals surface area contributed by atoms with Gasteiger partial charge in [0.05, 0.1) is 18.8 Å². The van der Waals surface area contributed by atoms with Gasteiger partial charge in [0.25, 0.3) is 0 Å². The fourth-order valence-electron chi connectivity index (χ4n) is 1.98. The number of urea groups is 1. The van der Waals surface area contributed by atoms with Crippen LogP contribution in [0.4, 0.5) is 10.5 Å². The van der Waals surface area contributed by atoms with E-state index < -0.39 is 12.0 Å². The fraction of sp³-hybridized carbons (Fsp3) is 0.385. The normalized spacial score (nSPS) is 18.4. The Hall–Kier alpha value is -1.44. The molecule has 114 valence electrons. The molecule has 1 aliphatic heterocycles. The molecule has 1 atom stereocenters. The number of rotatable bonds is 3. The molecule has 1 saturated heterocycles. The maximum Gasteiger partial charge on any atom is 0.322 e. The molecule has 21 heavy (non-hydrogen) atoms. The minimum atomic E-state index is -0.760. The first kappa shape index (κ1) is 15.9. The Morgan fingerprint density at radius 3 is 2.95 bits per heavy atom. The predicted molar refractivity (Wildman–Crippen MR) is 82.8 cm³/mol. The van der Waals surface area contributed by atoms with Gasteiger partial charge in [0.1, 0.15) is 0 Å². The van der Waals surface area contributed by atoms with E-state index in [2.05, 4.69) is 5.32 Å². The van der Waals surface area contributed by atoms with Crippen molar-refractivity contribution in [1.82, 2.24) is 4.90 Å². The Kier molecular flexibility index (Phi) is 5.33. The second-order valence-electron chi connectivity index (χ2n) is 4.48. The largest absolute Gasteiger partial charge is 0.367 e. The Morgan fingerprint density at radius 1 is 1.52 bits per heavy atom. The lowest BCUT2D eigenvalue weighted by Gasteiger charge is -2.31. The Bertz CT molecular complexity index is 555. The van der Waals surface area contributed by atoms with Gasteiger partial charge in [0.2, 0.25) is 5.91 Å². The van der Waals surface area contributed by atoms with Crippen molar-refractivity contribution < 1.29 is 14.3 Å². The van der Waals surface area contributed by atoms with Crippen LogP contribution in [0.1, 0.15) is 0 Å². The number of nitrogens with one attached hydrogen (secondary N) is 1. The number of thioether (sulfide) groups is 1. The molecule has 6 nitrogen and oxygen atoms in total. The number of hydrogen-bond acceptors (Lipinski definition) is 4. The Labute approximate surface area is 131 Å². The summed E-state index contributed by atoms with van der Waals surface area (Å²) in [5.41, 5.74) is 5.85. The summed E-state index contributed by atoms with van der Waals surface area (Å²) in [5.74, 6) is -0.569. The van der Waals surface area contributed by atoms with Gasteiger partial charge in [-0.3, -0.25) is 4.79 Å². The third-order valence-corrected chi connectivity index (χ3v) is 4.11. The summed E-state index contributed by atoms with van der Waals surface area (Å²) in [4.78, 5) is 25.8. The number of nitrogens with zero attached hydrogens (tertiary/aromatic N) is 1. The standard InChI is InChI=1S/C13H16ClN3O3S/c1-21-11-3-2-8(14)6-9(11)16-13(19)17-4-5-20-10(7-17)12(15)18/h2-3,6,10H,4-5,7H2,1H3,(H2,15,18)(H,16,19)/t10-/m0/s1. The minimum Gasteiger partial charge on any atom is -0.367 e. The van der Waals surface area contributed by atoms with Crippen molar-refractivity contribution >= 4 is 41.0 Å². The summed E-state index contributed by atoms with van der Waals surface area (Å²) in [7, 11) is 0. The highest BCUT2D eigenvalue weighted by molar-refractivity contribution is 7.98. The van der Waals surface area contributed by atoms with Crippen LogP contribution in [-0.4, -0.2) is 48.9 Å². The molecular weight excluding hydrogens is 314 g/mol. The molecule has 0 radical (unpaired) electrons. The minimum absolute atomic E-state index is 0.149. The zero-order chi connectivity index (χ0) is 15.4.